The Balaban J connectivity index is 2.28. The van der Waals surface area contributed by atoms with Gasteiger partial charge in [0, 0.05) is 19.5 Å². The lowest BCUT2D eigenvalue weighted by molar-refractivity contribution is -0.144. The molecule has 0 aromatic heterocycles. The molecule has 0 aliphatic carbocycles. The number of nitrogens with one attached hydrogen (secondary N) is 2. The van der Waals surface area contributed by atoms with Crippen LogP contribution in [-0.4, -0.2) is 57.8 Å². The highest BCUT2D eigenvalue weighted by atomic mass is 16.5. The number of hydrogen-bond acceptors (Lipinski definition) is 6. The van der Waals surface area contributed by atoms with Gasteiger partial charge >= 0.3 is 5.97 Å². The van der Waals surface area contributed by atoms with Crippen molar-refractivity contribution >= 4 is 30.0 Å². The van der Waals surface area contributed by atoms with Crippen molar-refractivity contribution in [2.24, 2.45) is 11.8 Å². The second kappa shape index (κ2) is 16.1. The Morgan fingerprint density at radius 2 is 1.65 bits per heavy atom. The van der Waals surface area contributed by atoms with Crippen molar-refractivity contribution < 1.29 is 34.3 Å². The van der Waals surface area contributed by atoms with Crippen LogP contribution in [0, 0.1) is 11.8 Å². The molecule has 0 saturated heterocycles. The maximum Gasteiger partial charge on any atom is 0.336 e. The van der Waals surface area contributed by atoms with E-state index in [9.17, 15) is 29.1 Å². The molecule has 0 aliphatic rings. The molecule has 10 heteroatoms. The zero-order valence-electron chi connectivity index (χ0n) is 23.3. The number of rotatable bonds is 16. The molecule has 2 aromatic carbocycles. The van der Waals surface area contributed by atoms with E-state index in [4.69, 9.17) is 5.21 Å². The van der Waals surface area contributed by atoms with E-state index in [0.717, 1.165) is 30.4 Å². The summed E-state index contributed by atoms with van der Waals surface area (Å²) >= 11 is 0. The molecular formula is C30H39N3O7. The van der Waals surface area contributed by atoms with Gasteiger partial charge < -0.3 is 20.1 Å². The summed E-state index contributed by atoms with van der Waals surface area (Å²) in [6.07, 6.45) is 2.96. The van der Waals surface area contributed by atoms with Gasteiger partial charge in [0.15, 0.2) is 0 Å². The molecule has 0 radical (unpaired) electrons. The van der Waals surface area contributed by atoms with Gasteiger partial charge in [0.25, 0.3) is 5.91 Å². The minimum absolute atomic E-state index is 0.0377. The number of carboxylic acids is 1. The molecule has 2 aromatic rings. The van der Waals surface area contributed by atoms with Gasteiger partial charge in [-0.15, -0.1) is 0 Å². The van der Waals surface area contributed by atoms with Crippen LogP contribution in [0.15, 0.2) is 48.5 Å². The first-order chi connectivity index (χ1) is 19.1. The highest BCUT2D eigenvalue weighted by Crippen LogP contribution is 2.25. The van der Waals surface area contributed by atoms with Crippen LogP contribution >= 0.6 is 0 Å². The lowest BCUT2D eigenvalue weighted by Crippen LogP contribution is -2.52. The Bertz CT molecular complexity index is 1160. The topological polar surface area (TPSA) is 153 Å². The quantitative estimate of drug-likeness (QED) is 0.0810. The number of carbonyl (C=O) groups is 5. The van der Waals surface area contributed by atoms with Crippen molar-refractivity contribution in [3.63, 3.8) is 0 Å². The summed E-state index contributed by atoms with van der Waals surface area (Å²) in [5.41, 5.74) is 3.77. The maximum absolute atomic E-state index is 13.6. The van der Waals surface area contributed by atoms with Gasteiger partial charge in [0.2, 0.25) is 11.8 Å². The van der Waals surface area contributed by atoms with Crippen LogP contribution in [0.1, 0.15) is 68.8 Å². The standard InChI is InChI=1S/C30H39N3O7/c1-4-5-8-16-33(19-21-11-13-22(14-12-21)23-9-6-7-10-24(23)30(38)39)29(37)26(15-17-34)31-27(35)25(18-20(2)3)28(36)32-40/h6-7,9-14,17,20,25-26,40H,4-5,8,15-16,18-19H2,1-3H3,(H,31,35)(H,32,36)(H,38,39). The first kappa shape index (κ1) is 32.2. The van der Waals surface area contributed by atoms with Crippen molar-refractivity contribution in [1.82, 2.24) is 15.7 Å². The molecular weight excluding hydrogens is 514 g/mol. The lowest BCUT2D eigenvalue weighted by Gasteiger charge is -2.28. The Morgan fingerprint density at radius 3 is 2.23 bits per heavy atom. The van der Waals surface area contributed by atoms with E-state index in [2.05, 4.69) is 5.32 Å². The van der Waals surface area contributed by atoms with Gasteiger partial charge in [-0.3, -0.25) is 19.6 Å². The smallest absolute Gasteiger partial charge is 0.336 e. The van der Waals surface area contributed by atoms with Crippen molar-refractivity contribution in [1.29, 1.82) is 0 Å². The molecule has 0 aliphatic heterocycles. The van der Waals surface area contributed by atoms with Gasteiger partial charge in [-0.2, -0.15) is 0 Å². The zero-order chi connectivity index (χ0) is 29.7. The van der Waals surface area contributed by atoms with Gasteiger partial charge in [-0.05, 0) is 41.5 Å². The zero-order valence-corrected chi connectivity index (χ0v) is 23.3. The van der Waals surface area contributed by atoms with Crippen molar-refractivity contribution in [3.05, 3.63) is 59.7 Å². The Kier molecular flexibility index (Phi) is 13.0. The number of carboxylic acid groups (broad SMARTS) is 1. The van der Waals surface area contributed by atoms with Gasteiger partial charge in [-0.25, -0.2) is 10.3 Å². The van der Waals surface area contributed by atoms with E-state index in [0.29, 0.717) is 18.4 Å². The summed E-state index contributed by atoms with van der Waals surface area (Å²) < 4.78 is 0. The Labute approximate surface area is 234 Å². The predicted octanol–water partition coefficient (Wildman–Crippen LogP) is 3.81. The lowest BCUT2D eigenvalue weighted by atomic mass is 9.95. The number of amides is 3. The maximum atomic E-state index is 13.6. The van der Waals surface area contributed by atoms with Crippen molar-refractivity contribution in [2.75, 3.05) is 6.54 Å². The number of carbonyl (C=O) groups excluding carboxylic acids is 4. The minimum atomic E-state index is -1.22. The molecule has 2 unspecified atom stereocenters. The second-order valence-corrected chi connectivity index (χ2v) is 10.1. The SMILES string of the molecule is CCCCCN(Cc1ccc(-c2ccccc2C(=O)O)cc1)C(=O)C(CC=O)NC(=O)C(CC(C)C)C(=O)NO. The number of aromatic carboxylic acids is 1. The van der Waals surface area contributed by atoms with Crippen LogP contribution in [0.3, 0.4) is 0 Å². The highest BCUT2D eigenvalue weighted by Gasteiger charge is 2.32. The summed E-state index contributed by atoms with van der Waals surface area (Å²) in [6, 6.07) is 12.7. The molecule has 40 heavy (non-hydrogen) atoms. The van der Waals surface area contributed by atoms with Crippen LogP contribution in [-0.2, 0) is 25.7 Å². The molecule has 0 saturated carbocycles. The molecule has 0 spiro atoms. The number of aldehydes is 1. The van der Waals surface area contributed by atoms with Gasteiger partial charge in [-0.1, -0.05) is 76.1 Å². The summed E-state index contributed by atoms with van der Waals surface area (Å²) in [6.45, 7) is 6.28. The Morgan fingerprint density at radius 1 is 0.975 bits per heavy atom. The summed E-state index contributed by atoms with van der Waals surface area (Å²) in [7, 11) is 0. The molecule has 0 bridgehead atoms. The van der Waals surface area contributed by atoms with E-state index >= 15 is 0 Å². The number of hydroxylamine groups is 1. The molecule has 3 amide bonds. The fourth-order valence-corrected chi connectivity index (χ4v) is 4.44. The van der Waals surface area contributed by atoms with Crippen LogP contribution in [0.4, 0.5) is 0 Å². The normalized spacial score (nSPS) is 12.3. The van der Waals surface area contributed by atoms with E-state index in [1.165, 1.54) is 11.5 Å². The molecule has 10 nitrogen and oxygen atoms in total. The second-order valence-electron chi connectivity index (χ2n) is 10.1. The third-order valence-electron chi connectivity index (χ3n) is 6.54. The van der Waals surface area contributed by atoms with E-state index in [1.54, 1.807) is 35.2 Å². The first-order valence-electron chi connectivity index (χ1n) is 13.5. The van der Waals surface area contributed by atoms with E-state index < -0.39 is 35.7 Å². The highest BCUT2D eigenvalue weighted by molar-refractivity contribution is 6.01. The van der Waals surface area contributed by atoms with Crippen LogP contribution in [0.25, 0.3) is 11.1 Å². The first-order valence-corrected chi connectivity index (χ1v) is 13.5. The number of nitrogens with zero attached hydrogens (tertiary/aromatic N) is 1. The predicted molar refractivity (Wildman–Crippen MR) is 149 cm³/mol. The number of hydrogen-bond donors (Lipinski definition) is 4. The number of unbranched alkanes of at least 4 members (excludes halogenated alkanes) is 2. The monoisotopic (exact) mass is 553 g/mol. The van der Waals surface area contributed by atoms with Crippen molar-refractivity contribution in [2.45, 2.75) is 65.5 Å². The third-order valence-corrected chi connectivity index (χ3v) is 6.54. The number of benzene rings is 2. The average molecular weight is 554 g/mol. The largest absolute Gasteiger partial charge is 0.478 e. The minimum Gasteiger partial charge on any atom is -0.478 e. The fourth-order valence-electron chi connectivity index (χ4n) is 4.44. The van der Waals surface area contributed by atoms with Crippen molar-refractivity contribution in [3.8, 4) is 11.1 Å². The van der Waals surface area contributed by atoms with Gasteiger partial charge in [0.05, 0.1) is 5.56 Å². The summed E-state index contributed by atoms with van der Waals surface area (Å²) in [4.78, 5) is 63.3. The Hall–Kier alpha value is -4.05. The van der Waals surface area contributed by atoms with E-state index in [1.807, 2.05) is 32.9 Å². The molecule has 0 fully saturated rings. The molecule has 2 rings (SSSR count). The summed E-state index contributed by atoms with van der Waals surface area (Å²) in [5.74, 6) is -4.36. The van der Waals surface area contributed by atoms with Crippen LogP contribution < -0.4 is 10.8 Å². The molecule has 2 atom stereocenters. The average Bonchev–Trinajstić information content (AvgIpc) is 2.94. The van der Waals surface area contributed by atoms with Gasteiger partial charge in [0.1, 0.15) is 18.2 Å². The molecule has 4 N–H and O–H groups in total. The van der Waals surface area contributed by atoms with Crippen LogP contribution in [0.5, 0.6) is 0 Å². The molecule has 0 heterocycles. The van der Waals surface area contributed by atoms with E-state index in [-0.39, 0.29) is 30.9 Å². The van der Waals surface area contributed by atoms with Crippen LogP contribution in [0.2, 0.25) is 0 Å². The molecule has 216 valence electrons. The fraction of sp³-hybridized carbons (Fsp3) is 0.433. The third kappa shape index (κ3) is 9.30. The summed E-state index contributed by atoms with van der Waals surface area (Å²) in [5, 5.41) is 21.1.